The molecule has 0 aliphatic carbocycles. The summed E-state index contributed by atoms with van der Waals surface area (Å²) >= 11 is 0. The van der Waals surface area contributed by atoms with Gasteiger partial charge >= 0.3 is 5.97 Å². The Hall–Kier alpha value is -2.31. The Morgan fingerprint density at radius 1 is 1.53 bits per heavy atom. The highest BCUT2D eigenvalue weighted by Gasteiger charge is 2.16. The molecule has 0 amide bonds. The van der Waals surface area contributed by atoms with Crippen LogP contribution in [0.4, 0.5) is 0 Å². The second-order valence-corrected chi connectivity index (χ2v) is 3.24. The molecule has 0 aliphatic heterocycles. The Morgan fingerprint density at radius 2 is 2.41 bits per heavy atom. The van der Waals surface area contributed by atoms with E-state index in [1.54, 1.807) is 19.3 Å². The van der Waals surface area contributed by atoms with Crippen molar-refractivity contribution in [3.8, 4) is 0 Å². The molecule has 0 spiro atoms. The molecule has 0 atom stereocenters. The maximum Gasteiger partial charge on any atom is 0.378 e. The summed E-state index contributed by atoms with van der Waals surface area (Å²) in [6, 6.07) is 3.69. The Labute approximate surface area is 97.4 Å². The van der Waals surface area contributed by atoms with Crippen LogP contribution in [-0.4, -0.2) is 37.8 Å². The minimum Gasteiger partial charge on any atom is -0.460 e. The van der Waals surface area contributed by atoms with E-state index in [0.717, 1.165) is 5.56 Å². The van der Waals surface area contributed by atoms with Gasteiger partial charge in [0.2, 0.25) is 0 Å². The zero-order valence-electron chi connectivity index (χ0n) is 9.28. The van der Waals surface area contributed by atoms with Gasteiger partial charge in [0.15, 0.2) is 0 Å². The third-order valence-electron chi connectivity index (χ3n) is 2.05. The van der Waals surface area contributed by atoms with Crippen LogP contribution in [0.5, 0.6) is 0 Å². The van der Waals surface area contributed by atoms with Gasteiger partial charge in [-0.05, 0) is 29.0 Å². The fourth-order valence-electron chi connectivity index (χ4n) is 1.32. The summed E-state index contributed by atoms with van der Waals surface area (Å²) in [6.45, 7) is 2.40. The van der Waals surface area contributed by atoms with Crippen LogP contribution in [0.25, 0.3) is 0 Å². The number of carbonyl (C=O) groups excluding carboxylic acids is 1. The summed E-state index contributed by atoms with van der Waals surface area (Å²) in [5.74, 6) is -0.433. The standard InChI is InChI=1S/C10H11N5O2/c1-2-17-10(16)9-12-13-14-15(9)7-8-4-3-5-11-6-8/h3-6H,2,7H2,1H3. The van der Waals surface area contributed by atoms with Gasteiger partial charge in [0.05, 0.1) is 13.2 Å². The van der Waals surface area contributed by atoms with Crippen LogP contribution in [-0.2, 0) is 11.3 Å². The van der Waals surface area contributed by atoms with Gasteiger partial charge in [-0.25, -0.2) is 9.48 Å². The van der Waals surface area contributed by atoms with E-state index in [-0.39, 0.29) is 5.82 Å². The first kappa shape index (κ1) is 11.2. The molecule has 0 N–H and O–H groups in total. The lowest BCUT2D eigenvalue weighted by Crippen LogP contribution is -2.15. The molecule has 7 nitrogen and oxygen atoms in total. The maximum absolute atomic E-state index is 11.5. The molecule has 0 unspecified atom stereocenters. The maximum atomic E-state index is 11.5. The minimum atomic E-state index is -0.526. The zero-order valence-corrected chi connectivity index (χ0v) is 9.28. The highest BCUT2D eigenvalue weighted by molar-refractivity contribution is 5.85. The van der Waals surface area contributed by atoms with Crippen molar-refractivity contribution in [2.24, 2.45) is 0 Å². The van der Waals surface area contributed by atoms with E-state index in [2.05, 4.69) is 20.5 Å². The highest BCUT2D eigenvalue weighted by atomic mass is 16.5. The number of esters is 1. The molecule has 0 aromatic carbocycles. The summed E-state index contributed by atoms with van der Waals surface area (Å²) in [6.07, 6.45) is 3.37. The smallest absolute Gasteiger partial charge is 0.378 e. The lowest BCUT2D eigenvalue weighted by Gasteiger charge is -2.03. The lowest BCUT2D eigenvalue weighted by atomic mass is 10.3. The van der Waals surface area contributed by atoms with E-state index >= 15 is 0 Å². The van der Waals surface area contributed by atoms with Gasteiger partial charge in [0.25, 0.3) is 5.82 Å². The Kier molecular flexibility index (Phi) is 3.39. The third kappa shape index (κ3) is 2.63. The number of aromatic nitrogens is 5. The van der Waals surface area contributed by atoms with Crippen LogP contribution in [0.15, 0.2) is 24.5 Å². The molecule has 17 heavy (non-hydrogen) atoms. The number of nitrogens with zero attached hydrogens (tertiary/aromatic N) is 5. The third-order valence-corrected chi connectivity index (χ3v) is 2.05. The van der Waals surface area contributed by atoms with Crippen molar-refractivity contribution in [1.82, 2.24) is 25.2 Å². The van der Waals surface area contributed by atoms with Crippen molar-refractivity contribution in [2.45, 2.75) is 13.5 Å². The average Bonchev–Trinajstić information content (AvgIpc) is 2.79. The summed E-state index contributed by atoms with van der Waals surface area (Å²) in [5, 5.41) is 10.8. The molecule has 2 rings (SSSR count). The van der Waals surface area contributed by atoms with Crippen LogP contribution in [0.1, 0.15) is 23.1 Å². The van der Waals surface area contributed by atoms with Crippen LogP contribution in [0, 0.1) is 0 Å². The van der Waals surface area contributed by atoms with Crippen molar-refractivity contribution in [1.29, 1.82) is 0 Å². The first-order valence-corrected chi connectivity index (χ1v) is 5.13. The Balaban J connectivity index is 2.17. The van der Waals surface area contributed by atoms with E-state index in [1.165, 1.54) is 4.68 Å². The number of carbonyl (C=O) groups is 1. The Bertz CT molecular complexity index is 496. The van der Waals surface area contributed by atoms with Gasteiger partial charge in [0.1, 0.15) is 0 Å². The van der Waals surface area contributed by atoms with Gasteiger partial charge in [-0.15, -0.1) is 5.10 Å². The average molecular weight is 233 g/mol. The van der Waals surface area contributed by atoms with Gasteiger partial charge in [-0.2, -0.15) is 0 Å². The van der Waals surface area contributed by atoms with Gasteiger partial charge in [-0.1, -0.05) is 6.07 Å². The topological polar surface area (TPSA) is 82.8 Å². The summed E-state index contributed by atoms with van der Waals surface area (Å²) in [5.41, 5.74) is 0.908. The zero-order chi connectivity index (χ0) is 12.1. The van der Waals surface area contributed by atoms with Crippen LogP contribution in [0.2, 0.25) is 0 Å². The first-order valence-electron chi connectivity index (χ1n) is 5.13. The molecule has 0 saturated heterocycles. The summed E-state index contributed by atoms with van der Waals surface area (Å²) in [4.78, 5) is 15.5. The molecule has 0 bridgehead atoms. The van der Waals surface area contributed by atoms with E-state index in [1.807, 2.05) is 12.1 Å². The number of hydrogen-bond acceptors (Lipinski definition) is 6. The van der Waals surface area contributed by atoms with E-state index in [4.69, 9.17) is 4.74 Å². The predicted octanol–water partition coefficient (Wildman–Crippen LogP) is 0.293. The van der Waals surface area contributed by atoms with Gasteiger partial charge < -0.3 is 4.74 Å². The number of pyridine rings is 1. The predicted molar refractivity (Wildman–Crippen MR) is 57.1 cm³/mol. The molecule has 0 fully saturated rings. The first-order chi connectivity index (χ1) is 8.31. The van der Waals surface area contributed by atoms with Crippen molar-refractivity contribution < 1.29 is 9.53 Å². The fourth-order valence-corrected chi connectivity index (χ4v) is 1.32. The summed E-state index contributed by atoms with van der Waals surface area (Å²) in [7, 11) is 0. The van der Waals surface area contributed by atoms with Crippen molar-refractivity contribution in [2.75, 3.05) is 6.61 Å². The van der Waals surface area contributed by atoms with Crippen molar-refractivity contribution >= 4 is 5.97 Å². The van der Waals surface area contributed by atoms with Crippen molar-refractivity contribution in [3.05, 3.63) is 35.9 Å². The quantitative estimate of drug-likeness (QED) is 0.706. The minimum absolute atomic E-state index is 0.0932. The second-order valence-electron chi connectivity index (χ2n) is 3.24. The molecule has 7 heteroatoms. The normalized spacial score (nSPS) is 10.2. The van der Waals surface area contributed by atoms with Crippen molar-refractivity contribution in [3.63, 3.8) is 0 Å². The fraction of sp³-hybridized carbons (Fsp3) is 0.300. The Morgan fingerprint density at radius 3 is 3.12 bits per heavy atom. The molecule has 88 valence electrons. The van der Waals surface area contributed by atoms with E-state index < -0.39 is 5.97 Å². The van der Waals surface area contributed by atoms with E-state index in [9.17, 15) is 4.79 Å². The lowest BCUT2D eigenvalue weighted by molar-refractivity contribution is 0.0505. The molecule has 0 saturated carbocycles. The van der Waals surface area contributed by atoms with Crippen LogP contribution in [0.3, 0.4) is 0 Å². The molecule has 0 aliphatic rings. The number of hydrogen-bond donors (Lipinski definition) is 0. The van der Waals surface area contributed by atoms with Crippen LogP contribution >= 0.6 is 0 Å². The van der Waals surface area contributed by atoms with Gasteiger partial charge in [-0.3, -0.25) is 4.98 Å². The van der Waals surface area contributed by atoms with Crippen LogP contribution < -0.4 is 0 Å². The molecule has 2 heterocycles. The molecular weight excluding hydrogens is 222 g/mol. The monoisotopic (exact) mass is 233 g/mol. The van der Waals surface area contributed by atoms with Gasteiger partial charge in [0, 0.05) is 12.4 Å². The largest absolute Gasteiger partial charge is 0.460 e. The molecule has 0 radical (unpaired) electrons. The highest BCUT2D eigenvalue weighted by Crippen LogP contribution is 2.02. The molecule has 2 aromatic heterocycles. The molecular formula is C10H11N5O2. The second kappa shape index (κ2) is 5.15. The number of ether oxygens (including phenoxy) is 1. The number of rotatable bonds is 4. The SMILES string of the molecule is CCOC(=O)c1nnnn1Cc1cccnc1. The summed E-state index contributed by atoms with van der Waals surface area (Å²) < 4.78 is 6.23. The van der Waals surface area contributed by atoms with E-state index in [0.29, 0.717) is 13.2 Å². The number of tetrazole rings is 1. The molecule has 2 aromatic rings.